The molecule has 0 atom stereocenters. The van der Waals surface area contributed by atoms with Crippen LogP contribution in [0.5, 0.6) is 0 Å². The van der Waals surface area contributed by atoms with E-state index in [9.17, 15) is 9.59 Å². The van der Waals surface area contributed by atoms with Gasteiger partial charge in [0, 0.05) is 6.54 Å². The lowest BCUT2D eigenvalue weighted by Crippen LogP contribution is -2.50. The van der Waals surface area contributed by atoms with Crippen LogP contribution in [0.3, 0.4) is 0 Å². The molecule has 3 amide bonds. The molecular formula is C17H25N5O3. The average molecular weight is 347 g/mol. The van der Waals surface area contributed by atoms with E-state index in [0.717, 1.165) is 31.5 Å². The molecule has 2 aliphatic heterocycles. The van der Waals surface area contributed by atoms with Crippen LogP contribution in [0.15, 0.2) is 0 Å². The largest absolute Gasteiger partial charge is 0.372 e. The Kier molecular flexibility index (Phi) is 4.02. The Morgan fingerprint density at radius 3 is 2.76 bits per heavy atom. The first-order valence-electron chi connectivity index (χ1n) is 9.13. The summed E-state index contributed by atoms with van der Waals surface area (Å²) in [7, 11) is 0. The molecule has 4 rings (SSSR count). The number of amides is 3. The number of carbonyl (C=O) groups excluding carboxylic acids is 2. The van der Waals surface area contributed by atoms with Crippen molar-refractivity contribution < 1.29 is 14.3 Å². The maximum absolute atomic E-state index is 13.0. The van der Waals surface area contributed by atoms with Crippen molar-refractivity contribution in [1.82, 2.24) is 25.0 Å². The van der Waals surface area contributed by atoms with Gasteiger partial charge in [-0.25, -0.2) is 4.79 Å². The normalized spacial score (nSPS) is 29.4. The number of nitrogens with one attached hydrogen (secondary N) is 1. The van der Waals surface area contributed by atoms with Crippen LogP contribution in [-0.2, 0) is 29.2 Å². The summed E-state index contributed by atoms with van der Waals surface area (Å²) in [5.74, 6) is 2.54. The fourth-order valence-corrected chi connectivity index (χ4v) is 4.27. The summed E-state index contributed by atoms with van der Waals surface area (Å²) < 4.78 is 7.31. The molecule has 3 aliphatic rings. The standard InChI is InChI=1S/C17H25N5O3/c1-11(2)12-3-5-17(6-4-12)15(23)22(16(24)18-17)9-13-19-20-14-10-25-8-7-21(13)14/h11-12H,3-10H2,1-2H3,(H,18,24). The van der Waals surface area contributed by atoms with Crippen LogP contribution in [0.2, 0.25) is 0 Å². The second kappa shape index (κ2) is 6.09. The third-order valence-electron chi connectivity index (χ3n) is 5.97. The Bertz CT molecular complexity index is 690. The van der Waals surface area contributed by atoms with Gasteiger partial charge in [0.05, 0.1) is 13.2 Å². The molecule has 3 heterocycles. The smallest absolute Gasteiger partial charge is 0.325 e. The van der Waals surface area contributed by atoms with E-state index >= 15 is 0 Å². The van der Waals surface area contributed by atoms with Crippen molar-refractivity contribution in [3.05, 3.63) is 11.6 Å². The zero-order valence-corrected chi connectivity index (χ0v) is 14.8. The molecular weight excluding hydrogens is 322 g/mol. The summed E-state index contributed by atoms with van der Waals surface area (Å²) >= 11 is 0. The molecule has 2 fully saturated rings. The molecule has 8 nitrogen and oxygen atoms in total. The van der Waals surface area contributed by atoms with Crippen LogP contribution in [0.1, 0.15) is 51.2 Å². The van der Waals surface area contributed by atoms with Gasteiger partial charge in [-0.2, -0.15) is 0 Å². The number of urea groups is 1. The number of carbonyl (C=O) groups is 2. The predicted molar refractivity (Wildman–Crippen MR) is 88.3 cm³/mol. The number of nitrogens with zero attached hydrogens (tertiary/aromatic N) is 4. The fourth-order valence-electron chi connectivity index (χ4n) is 4.27. The first-order chi connectivity index (χ1) is 12.0. The lowest BCUT2D eigenvalue weighted by atomic mass is 9.73. The Balaban J connectivity index is 1.50. The lowest BCUT2D eigenvalue weighted by molar-refractivity contribution is -0.133. The van der Waals surface area contributed by atoms with Gasteiger partial charge in [-0.1, -0.05) is 13.8 Å². The van der Waals surface area contributed by atoms with Crippen LogP contribution in [0, 0.1) is 11.8 Å². The van der Waals surface area contributed by atoms with Crippen LogP contribution in [-0.4, -0.2) is 43.7 Å². The van der Waals surface area contributed by atoms with E-state index in [2.05, 4.69) is 29.4 Å². The van der Waals surface area contributed by atoms with E-state index in [1.54, 1.807) is 0 Å². The first-order valence-corrected chi connectivity index (χ1v) is 9.13. The molecule has 0 bridgehead atoms. The average Bonchev–Trinajstić information content (AvgIpc) is 3.11. The Morgan fingerprint density at radius 1 is 1.28 bits per heavy atom. The van der Waals surface area contributed by atoms with E-state index in [0.29, 0.717) is 37.4 Å². The number of rotatable bonds is 3. The number of ether oxygens (including phenoxy) is 1. The number of imide groups is 1. The summed E-state index contributed by atoms with van der Waals surface area (Å²) in [6.07, 6.45) is 3.41. The molecule has 1 aromatic rings. The third-order valence-corrected chi connectivity index (χ3v) is 5.97. The van der Waals surface area contributed by atoms with Crippen molar-refractivity contribution in [2.75, 3.05) is 6.61 Å². The summed E-state index contributed by atoms with van der Waals surface area (Å²) in [5, 5.41) is 11.2. The Labute approximate surface area is 146 Å². The van der Waals surface area contributed by atoms with Gasteiger partial charge in [0.25, 0.3) is 5.91 Å². The number of hydrogen-bond donors (Lipinski definition) is 1. The second-order valence-electron chi connectivity index (χ2n) is 7.72. The quantitative estimate of drug-likeness (QED) is 0.836. The van der Waals surface area contributed by atoms with E-state index < -0.39 is 5.54 Å². The molecule has 136 valence electrons. The van der Waals surface area contributed by atoms with Gasteiger partial charge in [0.15, 0.2) is 11.6 Å². The highest BCUT2D eigenvalue weighted by Gasteiger charge is 2.52. The highest BCUT2D eigenvalue weighted by atomic mass is 16.5. The number of fused-ring (bicyclic) bond motifs is 1. The monoisotopic (exact) mass is 347 g/mol. The van der Waals surface area contributed by atoms with E-state index in [1.165, 1.54) is 4.90 Å². The minimum atomic E-state index is -0.712. The van der Waals surface area contributed by atoms with Crippen molar-refractivity contribution in [2.45, 2.75) is 64.8 Å². The molecule has 25 heavy (non-hydrogen) atoms. The van der Waals surface area contributed by atoms with Gasteiger partial charge in [-0.05, 0) is 37.5 Å². The van der Waals surface area contributed by atoms with E-state index in [4.69, 9.17) is 4.74 Å². The molecule has 0 unspecified atom stereocenters. The predicted octanol–water partition coefficient (Wildman–Crippen LogP) is 1.45. The Hall–Kier alpha value is -1.96. The van der Waals surface area contributed by atoms with Crippen LogP contribution < -0.4 is 5.32 Å². The van der Waals surface area contributed by atoms with E-state index in [1.807, 2.05) is 4.57 Å². The van der Waals surface area contributed by atoms with Crippen LogP contribution in [0.25, 0.3) is 0 Å². The highest BCUT2D eigenvalue weighted by molar-refractivity contribution is 6.07. The van der Waals surface area contributed by atoms with Crippen molar-refractivity contribution >= 4 is 11.9 Å². The zero-order chi connectivity index (χ0) is 17.6. The van der Waals surface area contributed by atoms with Crippen molar-refractivity contribution in [2.24, 2.45) is 11.8 Å². The first kappa shape index (κ1) is 16.5. The van der Waals surface area contributed by atoms with Crippen LogP contribution >= 0.6 is 0 Å². The molecule has 1 saturated carbocycles. The van der Waals surface area contributed by atoms with Crippen LogP contribution in [0.4, 0.5) is 4.79 Å². The lowest BCUT2D eigenvalue weighted by Gasteiger charge is -2.36. The molecule has 8 heteroatoms. The summed E-state index contributed by atoms with van der Waals surface area (Å²) in [6.45, 7) is 6.30. The molecule has 1 spiro atoms. The van der Waals surface area contributed by atoms with Gasteiger partial charge in [-0.15, -0.1) is 10.2 Å². The summed E-state index contributed by atoms with van der Waals surface area (Å²) in [5.41, 5.74) is -0.712. The molecule has 1 aromatic heterocycles. The highest BCUT2D eigenvalue weighted by Crippen LogP contribution is 2.39. The summed E-state index contributed by atoms with van der Waals surface area (Å²) in [4.78, 5) is 26.8. The molecule has 1 aliphatic carbocycles. The number of aromatic nitrogens is 3. The van der Waals surface area contributed by atoms with Crippen molar-refractivity contribution in [1.29, 1.82) is 0 Å². The second-order valence-corrected chi connectivity index (χ2v) is 7.72. The van der Waals surface area contributed by atoms with Gasteiger partial charge in [-0.3, -0.25) is 9.69 Å². The maximum Gasteiger partial charge on any atom is 0.325 e. The fraction of sp³-hybridized carbons (Fsp3) is 0.765. The van der Waals surface area contributed by atoms with Gasteiger partial charge >= 0.3 is 6.03 Å². The minimum absolute atomic E-state index is 0.107. The SMILES string of the molecule is CC(C)C1CCC2(CC1)NC(=O)N(Cc1nnc3n1CCOC3)C2=O. The van der Waals surface area contributed by atoms with Gasteiger partial charge in [0.1, 0.15) is 12.1 Å². The van der Waals surface area contributed by atoms with Gasteiger partial charge < -0.3 is 14.6 Å². The summed E-state index contributed by atoms with van der Waals surface area (Å²) in [6, 6.07) is -0.308. The zero-order valence-electron chi connectivity index (χ0n) is 14.8. The molecule has 1 saturated heterocycles. The third kappa shape index (κ3) is 2.72. The number of hydrogen-bond acceptors (Lipinski definition) is 5. The Morgan fingerprint density at radius 2 is 2.04 bits per heavy atom. The maximum atomic E-state index is 13.0. The molecule has 0 aromatic carbocycles. The van der Waals surface area contributed by atoms with E-state index in [-0.39, 0.29) is 18.5 Å². The topological polar surface area (TPSA) is 89.3 Å². The van der Waals surface area contributed by atoms with Gasteiger partial charge in [0.2, 0.25) is 0 Å². The molecule has 1 N–H and O–H groups in total. The minimum Gasteiger partial charge on any atom is -0.372 e. The van der Waals surface area contributed by atoms with Crippen molar-refractivity contribution in [3.8, 4) is 0 Å². The van der Waals surface area contributed by atoms with Crippen molar-refractivity contribution in [3.63, 3.8) is 0 Å². The molecule has 0 radical (unpaired) electrons.